The van der Waals surface area contributed by atoms with Crippen LogP contribution in [0.1, 0.15) is 34.1 Å². The average molecular weight is 394 g/mol. The number of carbonyl (C=O) groups excluding carboxylic acids is 4. The van der Waals surface area contributed by atoms with Gasteiger partial charge in [-0.15, -0.1) is 0 Å². The minimum Gasteiger partial charge on any atom is -0.450 e. The number of hydrogen-bond acceptors (Lipinski definition) is 5. The van der Waals surface area contributed by atoms with Gasteiger partial charge in [0.05, 0.1) is 22.8 Å². The minimum absolute atomic E-state index is 0.000397. The summed E-state index contributed by atoms with van der Waals surface area (Å²) in [5.41, 5.74) is 0.461. The summed E-state index contributed by atoms with van der Waals surface area (Å²) in [6.07, 6.45) is -0.352. The molecule has 0 spiro atoms. The molecule has 0 bridgehead atoms. The third-order valence-corrected chi connectivity index (χ3v) is 4.97. The SMILES string of the molecule is CCOC(=O)N1CCN(C(=O)CCN2C(=O)c3cccc(Cl)c3C2=O)CC1. The highest BCUT2D eigenvalue weighted by Crippen LogP contribution is 2.29. The predicted octanol–water partition coefficient (Wildman–Crippen LogP) is 1.63. The van der Waals surface area contributed by atoms with E-state index in [0.717, 1.165) is 4.90 Å². The van der Waals surface area contributed by atoms with Gasteiger partial charge in [-0.1, -0.05) is 17.7 Å². The van der Waals surface area contributed by atoms with Crippen LogP contribution in [0.3, 0.4) is 0 Å². The standard InChI is InChI=1S/C18H20ClN3O5/c1-2-27-18(26)21-10-8-20(9-11-21)14(23)6-7-22-16(24)12-4-3-5-13(19)15(12)17(22)25/h3-5H,2,6-11H2,1H3. The fraction of sp³-hybridized carbons (Fsp3) is 0.444. The number of nitrogens with zero attached hydrogens (tertiary/aromatic N) is 3. The molecule has 0 atom stereocenters. The Bertz CT molecular complexity index is 789. The zero-order valence-electron chi connectivity index (χ0n) is 14.9. The Morgan fingerprint density at radius 3 is 2.37 bits per heavy atom. The summed E-state index contributed by atoms with van der Waals surface area (Å²) in [5.74, 6) is -1.07. The van der Waals surface area contributed by atoms with Crippen LogP contribution in [0.5, 0.6) is 0 Å². The lowest BCUT2D eigenvalue weighted by Gasteiger charge is -2.34. The highest BCUT2D eigenvalue weighted by atomic mass is 35.5. The molecule has 1 aromatic rings. The van der Waals surface area contributed by atoms with Crippen LogP contribution in [0.2, 0.25) is 5.02 Å². The van der Waals surface area contributed by atoms with Gasteiger partial charge in [-0.05, 0) is 19.1 Å². The Labute approximate surface area is 161 Å². The van der Waals surface area contributed by atoms with Gasteiger partial charge >= 0.3 is 6.09 Å². The third-order valence-electron chi connectivity index (χ3n) is 4.66. The number of rotatable bonds is 4. The lowest BCUT2D eigenvalue weighted by molar-refractivity contribution is -0.132. The molecular weight excluding hydrogens is 374 g/mol. The average Bonchev–Trinajstić information content (AvgIpc) is 2.91. The van der Waals surface area contributed by atoms with E-state index in [1.54, 1.807) is 34.9 Å². The summed E-state index contributed by atoms with van der Waals surface area (Å²) in [6, 6.07) is 4.73. The number of benzene rings is 1. The molecule has 4 amide bonds. The largest absolute Gasteiger partial charge is 0.450 e. The Balaban J connectivity index is 1.54. The lowest BCUT2D eigenvalue weighted by Crippen LogP contribution is -2.51. The van der Waals surface area contributed by atoms with E-state index in [9.17, 15) is 19.2 Å². The molecule has 2 aliphatic rings. The number of carbonyl (C=O) groups is 4. The fourth-order valence-electron chi connectivity index (χ4n) is 3.21. The predicted molar refractivity (Wildman–Crippen MR) is 96.6 cm³/mol. The highest BCUT2D eigenvalue weighted by molar-refractivity contribution is 6.37. The van der Waals surface area contributed by atoms with E-state index in [4.69, 9.17) is 16.3 Å². The van der Waals surface area contributed by atoms with Gasteiger partial charge in [-0.2, -0.15) is 0 Å². The molecular formula is C18H20ClN3O5. The molecule has 1 fully saturated rings. The second-order valence-electron chi connectivity index (χ2n) is 6.24. The van der Waals surface area contributed by atoms with Crippen LogP contribution < -0.4 is 0 Å². The zero-order valence-corrected chi connectivity index (χ0v) is 15.7. The number of amides is 4. The minimum atomic E-state index is -0.472. The summed E-state index contributed by atoms with van der Waals surface area (Å²) in [6.45, 7) is 3.63. The van der Waals surface area contributed by atoms with Gasteiger partial charge in [0, 0.05) is 39.1 Å². The van der Waals surface area contributed by atoms with Crippen LogP contribution in [0.4, 0.5) is 4.79 Å². The molecule has 2 aliphatic heterocycles. The number of piperazine rings is 1. The maximum Gasteiger partial charge on any atom is 0.409 e. The van der Waals surface area contributed by atoms with Gasteiger partial charge in [-0.25, -0.2) is 4.79 Å². The molecule has 9 heteroatoms. The first-order valence-electron chi connectivity index (χ1n) is 8.78. The zero-order chi connectivity index (χ0) is 19.6. The first-order chi connectivity index (χ1) is 12.9. The molecule has 0 unspecified atom stereocenters. The number of hydrogen-bond donors (Lipinski definition) is 0. The first-order valence-corrected chi connectivity index (χ1v) is 9.16. The Morgan fingerprint density at radius 2 is 1.74 bits per heavy atom. The van der Waals surface area contributed by atoms with Crippen LogP contribution >= 0.6 is 11.6 Å². The summed E-state index contributed by atoms with van der Waals surface area (Å²) in [4.78, 5) is 53.2. The molecule has 1 saturated heterocycles. The van der Waals surface area contributed by atoms with Crippen molar-refractivity contribution in [2.24, 2.45) is 0 Å². The first kappa shape index (κ1) is 19.2. The van der Waals surface area contributed by atoms with E-state index < -0.39 is 11.8 Å². The summed E-state index contributed by atoms with van der Waals surface area (Å²) >= 11 is 6.02. The smallest absolute Gasteiger partial charge is 0.409 e. The maximum atomic E-state index is 12.4. The van der Waals surface area contributed by atoms with Gasteiger partial charge in [0.2, 0.25) is 5.91 Å². The summed E-state index contributed by atoms with van der Waals surface area (Å²) in [5, 5.41) is 0.231. The van der Waals surface area contributed by atoms with Crippen molar-refractivity contribution in [1.82, 2.24) is 14.7 Å². The van der Waals surface area contributed by atoms with Crippen molar-refractivity contribution in [2.45, 2.75) is 13.3 Å². The normalized spacial score (nSPS) is 16.6. The fourth-order valence-corrected chi connectivity index (χ4v) is 3.47. The molecule has 0 radical (unpaired) electrons. The third kappa shape index (κ3) is 3.75. The Hall–Kier alpha value is -2.61. The van der Waals surface area contributed by atoms with Gasteiger partial charge in [0.25, 0.3) is 11.8 Å². The van der Waals surface area contributed by atoms with Crippen molar-refractivity contribution in [3.8, 4) is 0 Å². The van der Waals surface area contributed by atoms with Crippen molar-refractivity contribution in [3.63, 3.8) is 0 Å². The second-order valence-corrected chi connectivity index (χ2v) is 6.65. The second kappa shape index (κ2) is 7.96. The number of fused-ring (bicyclic) bond motifs is 1. The number of halogens is 1. The lowest BCUT2D eigenvalue weighted by atomic mass is 10.1. The van der Waals surface area contributed by atoms with E-state index in [1.165, 1.54) is 0 Å². The van der Waals surface area contributed by atoms with Crippen LogP contribution in [0.25, 0.3) is 0 Å². The van der Waals surface area contributed by atoms with Crippen LogP contribution in [-0.2, 0) is 9.53 Å². The van der Waals surface area contributed by atoms with E-state index in [-0.39, 0.29) is 41.1 Å². The highest BCUT2D eigenvalue weighted by Gasteiger charge is 2.37. The van der Waals surface area contributed by atoms with Gasteiger partial charge in [0.1, 0.15) is 0 Å². The Kier molecular flexibility index (Phi) is 5.65. The Morgan fingerprint density at radius 1 is 1.07 bits per heavy atom. The molecule has 1 aromatic carbocycles. The molecule has 0 saturated carbocycles. The van der Waals surface area contributed by atoms with Gasteiger partial charge < -0.3 is 14.5 Å². The summed E-state index contributed by atoms with van der Waals surface area (Å²) in [7, 11) is 0. The van der Waals surface area contributed by atoms with Crippen LogP contribution in [0.15, 0.2) is 18.2 Å². The molecule has 8 nitrogen and oxygen atoms in total. The topological polar surface area (TPSA) is 87.2 Å². The van der Waals surface area contributed by atoms with E-state index >= 15 is 0 Å². The van der Waals surface area contributed by atoms with Crippen molar-refractivity contribution in [2.75, 3.05) is 39.3 Å². The van der Waals surface area contributed by atoms with Crippen molar-refractivity contribution < 1.29 is 23.9 Å². The van der Waals surface area contributed by atoms with E-state index in [1.807, 2.05) is 0 Å². The molecule has 0 aromatic heterocycles. The number of imide groups is 1. The van der Waals surface area contributed by atoms with Gasteiger partial charge in [-0.3, -0.25) is 19.3 Å². The maximum absolute atomic E-state index is 12.4. The molecule has 27 heavy (non-hydrogen) atoms. The molecule has 0 N–H and O–H groups in total. The van der Waals surface area contributed by atoms with Crippen molar-refractivity contribution in [1.29, 1.82) is 0 Å². The van der Waals surface area contributed by atoms with Crippen molar-refractivity contribution >= 4 is 35.4 Å². The van der Waals surface area contributed by atoms with E-state index in [0.29, 0.717) is 32.8 Å². The molecule has 2 heterocycles. The summed E-state index contributed by atoms with van der Waals surface area (Å²) < 4.78 is 4.95. The molecule has 3 rings (SSSR count). The monoisotopic (exact) mass is 393 g/mol. The molecule has 0 aliphatic carbocycles. The van der Waals surface area contributed by atoms with Crippen molar-refractivity contribution in [3.05, 3.63) is 34.3 Å². The molecule has 144 valence electrons. The van der Waals surface area contributed by atoms with Gasteiger partial charge in [0.15, 0.2) is 0 Å². The quantitative estimate of drug-likeness (QED) is 0.725. The van der Waals surface area contributed by atoms with E-state index in [2.05, 4.69) is 0 Å². The van der Waals surface area contributed by atoms with Crippen LogP contribution in [0, 0.1) is 0 Å². The number of ether oxygens (including phenoxy) is 1. The van der Waals surface area contributed by atoms with Crippen LogP contribution in [-0.4, -0.2) is 77.8 Å².